The molecule has 1 aromatic carbocycles. The lowest BCUT2D eigenvalue weighted by Gasteiger charge is -2.14. The van der Waals surface area contributed by atoms with Crippen molar-refractivity contribution in [1.82, 2.24) is 5.32 Å². The van der Waals surface area contributed by atoms with E-state index < -0.39 is 17.9 Å². The molecule has 2 amide bonds. The molecule has 0 aliphatic carbocycles. The Kier molecular flexibility index (Phi) is 4.93. The van der Waals surface area contributed by atoms with Crippen molar-refractivity contribution in [2.75, 3.05) is 0 Å². The number of carbonyl (C=O) groups is 2. The van der Waals surface area contributed by atoms with Gasteiger partial charge in [-0.2, -0.15) is 0 Å². The summed E-state index contributed by atoms with van der Waals surface area (Å²) in [5, 5.41) is 2.59. The molecule has 0 bridgehead atoms. The molecule has 0 aliphatic rings. The zero-order chi connectivity index (χ0) is 15.1. The van der Waals surface area contributed by atoms with Gasteiger partial charge in [-0.15, -0.1) is 0 Å². The predicted octanol–water partition coefficient (Wildman–Crippen LogP) is 1.51. The van der Waals surface area contributed by atoms with E-state index in [1.54, 1.807) is 12.1 Å². The second kappa shape index (κ2) is 7.09. The molecular formula is C16H16N2O3. The quantitative estimate of drug-likeness (QED) is 0.788. The van der Waals surface area contributed by atoms with Gasteiger partial charge in [0.1, 0.15) is 11.8 Å². The van der Waals surface area contributed by atoms with E-state index in [2.05, 4.69) is 5.32 Å². The van der Waals surface area contributed by atoms with E-state index in [4.69, 9.17) is 10.2 Å². The van der Waals surface area contributed by atoms with Crippen LogP contribution in [0.15, 0.2) is 59.2 Å². The van der Waals surface area contributed by atoms with Crippen LogP contribution in [-0.2, 0) is 16.0 Å². The molecular weight excluding hydrogens is 268 g/mol. The average Bonchev–Trinajstić information content (AvgIpc) is 2.99. The number of amides is 2. The summed E-state index contributed by atoms with van der Waals surface area (Å²) in [5.74, 6) is -0.409. The van der Waals surface area contributed by atoms with Crippen LogP contribution in [0.1, 0.15) is 11.3 Å². The first kappa shape index (κ1) is 14.6. The van der Waals surface area contributed by atoms with Gasteiger partial charge in [0.15, 0.2) is 0 Å². The fourth-order valence-corrected chi connectivity index (χ4v) is 1.84. The standard InChI is InChI=1S/C16H16N2O3/c17-16(20)14(11-12-5-2-1-3-6-12)18-15(19)9-8-13-7-4-10-21-13/h1-10,14H,11H2,(H2,17,20)(H,18,19)/b9-8-/t14-/m0/s1. The third-order valence-corrected chi connectivity index (χ3v) is 2.88. The third-order valence-electron chi connectivity index (χ3n) is 2.88. The second-order valence-electron chi connectivity index (χ2n) is 4.50. The number of hydrogen-bond acceptors (Lipinski definition) is 3. The SMILES string of the molecule is NC(=O)[C@H](Cc1ccccc1)NC(=O)/C=C\c1ccco1. The summed E-state index contributed by atoms with van der Waals surface area (Å²) in [5.41, 5.74) is 6.25. The summed E-state index contributed by atoms with van der Waals surface area (Å²) in [6, 6.07) is 12.1. The van der Waals surface area contributed by atoms with Crippen LogP contribution in [0.5, 0.6) is 0 Å². The molecule has 21 heavy (non-hydrogen) atoms. The highest BCUT2D eigenvalue weighted by molar-refractivity contribution is 5.95. The average molecular weight is 284 g/mol. The van der Waals surface area contributed by atoms with Crippen LogP contribution >= 0.6 is 0 Å². The molecule has 0 fully saturated rings. The normalized spacial score (nSPS) is 12.2. The van der Waals surface area contributed by atoms with E-state index in [1.165, 1.54) is 18.4 Å². The summed E-state index contributed by atoms with van der Waals surface area (Å²) in [7, 11) is 0. The Morgan fingerprint density at radius 1 is 1.19 bits per heavy atom. The van der Waals surface area contributed by atoms with Gasteiger partial charge in [0.05, 0.1) is 6.26 Å². The van der Waals surface area contributed by atoms with Crippen molar-refractivity contribution < 1.29 is 14.0 Å². The maximum atomic E-state index is 11.8. The topological polar surface area (TPSA) is 85.3 Å². The first-order chi connectivity index (χ1) is 10.1. The van der Waals surface area contributed by atoms with Crippen LogP contribution in [0.3, 0.4) is 0 Å². The molecule has 2 rings (SSSR count). The highest BCUT2D eigenvalue weighted by Gasteiger charge is 2.17. The Balaban J connectivity index is 1.96. The smallest absolute Gasteiger partial charge is 0.244 e. The van der Waals surface area contributed by atoms with E-state index in [-0.39, 0.29) is 0 Å². The number of benzene rings is 1. The minimum atomic E-state index is -0.749. The molecule has 2 aromatic rings. The maximum absolute atomic E-state index is 11.8. The molecule has 0 saturated heterocycles. The summed E-state index contributed by atoms with van der Waals surface area (Å²) < 4.78 is 5.07. The van der Waals surface area contributed by atoms with Crippen LogP contribution in [0.4, 0.5) is 0 Å². The first-order valence-electron chi connectivity index (χ1n) is 6.50. The van der Waals surface area contributed by atoms with E-state index in [0.29, 0.717) is 12.2 Å². The molecule has 0 unspecified atom stereocenters. The molecule has 3 N–H and O–H groups in total. The number of furan rings is 1. The van der Waals surface area contributed by atoms with Crippen LogP contribution in [0, 0.1) is 0 Å². The Bertz CT molecular complexity index is 618. The number of nitrogens with two attached hydrogens (primary N) is 1. The van der Waals surface area contributed by atoms with Gasteiger partial charge in [-0.05, 0) is 23.8 Å². The van der Waals surface area contributed by atoms with E-state index in [0.717, 1.165) is 5.56 Å². The van der Waals surface area contributed by atoms with Crippen molar-refractivity contribution in [3.05, 3.63) is 66.1 Å². The van der Waals surface area contributed by atoms with Crippen molar-refractivity contribution in [3.63, 3.8) is 0 Å². The van der Waals surface area contributed by atoms with E-state index >= 15 is 0 Å². The largest absolute Gasteiger partial charge is 0.465 e. The molecule has 108 valence electrons. The number of nitrogens with one attached hydrogen (secondary N) is 1. The molecule has 5 nitrogen and oxygen atoms in total. The van der Waals surface area contributed by atoms with Crippen molar-refractivity contribution >= 4 is 17.9 Å². The highest BCUT2D eigenvalue weighted by atomic mass is 16.3. The van der Waals surface area contributed by atoms with Gasteiger partial charge in [-0.25, -0.2) is 0 Å². The van der Waals surface area contributed by atoms with Gasteiger partial charge in [0, 0.05) is 12.5 Å². The maximum Gasteiger partial charge on any atom is 0.244 e. The van der Waals surface area contributed by atoms with Gasteiger partial charge >= 0.3 is 0 Å². The fraction of sp³-hybridized carbons (Fsp3) is 0.125. The van der Waals surface area contributed by atoms with Crippen molar-refractivity contribution in [1.29, 1.82) is 0 Å². The first-order valence-corrected chi connectivity index (χ1v) is 6.50. The van der Waals surface area contributed by atoms with Gasteiger partial charge < -0.3 is 15.5 Å². The molecule has 1 aromatic heterocycles. The van der Waals surface area contributed by atoms with E-state index in [1.807, 2.05) is 30.3 Å². The van der Waals surface area contributed by atoms with Crippen LogP contribution < -0.4 is 11.1 Å². The Morgan fingerprint density at radius 3 is 2.57 bits per heavy atom. The Hall–Kier alpha value is -2.82. The number of primary amides is 1. The summed E-state index contributed by atoms with van der Waals surface area (Å²) in [4.78, 5) is 23.2. The van der Waals surface area contributed by atoms with Crippen molar-refractivity contribution in [2.45, 2.75) is 12.5 Å². The number of carbonyl (C=O) groups excluding carboxylic acids is 2. The molecule has 0 aliphatic heterocycles. The van der Waals surface area contributed by atoms with Crippen LogP contribution in [-0.4, -0.2) is 17.9 Å². The second-order valence-corrected chi connectivity index (χ2v) is 4.50. The third kappa shape index (κ3) is 4.65. The molecule has 0 radical (unpaired) electrons. The predicted molar refractivity (Wildman–Crippen MR) is 79.0 cm³/mol. The summed E-state index contributed by atoms with van der Waals surface area (Å²) in [6.45, 7) is 0. The summed E-state index contributed by atoms with van der Waals surface area (Å²) in [6.07, 6.45) is 4.70. The summed E-state index contributed by atoms with van der Waals surface area (Å²) >= 11 is 0. The number of hydrogen-bond donors (Lipinski definition) is 2. The van der Waals surface area contributed by atoms with Gasteiger partial charge in [-0.3, -0.25) is 9.59 Å². The molecule has 5 heteroatoms. The van der Waals surface area contributed by atoms with Gasteiger partial charge in [-0.1, -0.05) is 30.3 Å². The highest BCUT2D eigenvalue weighted by Crippen LogP contribution is 2.04. The van der Waals surface area contributed by atoms with E-state index in [9.17, 15) is 9.59 Å². The Morgan fingerprint density at radius 2 is 1.95 bits per heavy atom. The number of rotatable bonds is 6. The van der Waals surface area contributed by atoms with Gasteiger partial charge in [0.2, 0.25) is 11.8 Å². The molecule has 1 atom stereocenters. The minimum absolute atomic E-state index is 0.358. The molecule has 0 spiro atoms. The van der Waals surface area contributed by atoms with Crippen LogP contribution in [0.25, 0.3) is 6.08 Å². The van der Waals surface area contributed by atoms with Gasteiger partial charge in [0.25, 0.3) is 0 Å². The molecule has 1 heterocycles. The molecule has 0 saturated carbocycles. The monoisotopic (exact) mass is 284 g/mol. The Labute approximate surface area is 122 Å². The van der Waals surface area contributed by atoms with Crippen LogP contribution in [0.2, 0.25) is 0 Å². The zero-order valence-electron chi connectivity index (χ0n) is 11.4. The van der Waals surface area contributed by atoms with Crippen molar-refractivity contribution in [3.8, 4) is 0 Å². The minimum Gasteiger partial charge on any atom is -0.465 e. The lowest BCUT2D eigenvalue weighted by Crippen LogP contribution is -2.45. The lowest BCUT2D eigenvalue weighted by molar-refractivity contribution is -0.124. The lowest BCUT2D eigenvalue weighted by atomic mass is 10.1. The fourth-order valence-electron chi connectivity index (χ4n) is 1.84. The van der Waals surface area contributed by atoms with Crippen molar-refractivity contribution in [2.24, 2.45) is 5.73 Å². The zero-order valence-corrected chi connectivity index (χ0v) is 11.4.